The summed E-state index contributed by atoms with van der Waals surface area (Å²) in [5.41, 5.74) is 6.18. The van der Waals surface area contributed by atoms with Gasteiger partial charge in [-0.05, 0) is 12.1 Å². The number of nitrogen functional groups attached to an aromatic ring is 1. The molecule has 2 aromatic rings. The third kappa shape index (κ3) is 5.73. The van der Waals surface area contributed by atoms with Gasteiger partial charge in [0.1, 0.15) is 0 Å². The van der Waals surface area contributed by atoms with Crippen LogP contribution in [0.4, 0.5) is 10.8 Å². The van der Waals surface area contributed by atoms with Crippen LogP contribution in [0.2, 0.25) is 0 Å². The van der Waals surface area contributed by atoms with E-state index in [1.807, 2.05) is 30.3 Å². The van der Waals surface area contributed by atoms with Crippen LogP contribution in [0.3, 0.4) is 0 Å². The van der Waals surface area contributed by atoms with Crippen molar-refractivity contribution in [3.63, 3.8) is 0 Å². The summed E-state index contributed by atoms with van der Waals surface area (Å²) >= 11 is 0.701. The fourth-order valence-electron chi connectivity index (χ4n) is 0.979. The summed E-state index contributed by atoms with van der Waals surface area (Å²) in [6.45, 7) is 1.28. The van der Waals surface area contributed by atoms with E-state index in [0.717, 1.165) is 5.69 Å². The standard InChI is InChI=1S/C6H7N.C4H6N4O3S2/c7-6-4-2-1-3-5-6;1-2(9)6-3-7-8-4(12-3)13(5,10)11/h1-5H,7H2;1H3,(H2,5,10,11)(H,6,7,9). The largest absolute Gasteiger partial charge is 0.399 e. The Morgan fingerprint density at radius 1 is 1.25 bits per heavy atom. The minimum atomic E-state index is -3.82. The number of amides is 1. The van der Waals surface area contributed by atoms with Crippen LogP contribution >= 0.6 is 11.3 Å². The van der Waals surface area contributed by atoms with Gasteiger partial charge in [-0.15, -0.1) is 10.2 Å². The molecule has 1 aromatic carbocycles. The molecular weight excluding hydrogens is 302 g/mol. The maximum atomic E-state index is 10.7. The fraction of sp³-hybridized carbons (Fsp3) is 0.100. The van der Waals surface area contributed by atoms with E-state index < -0.39 is 10.0 Å². The van der Waals surface area contributed by atoms with E-state index in [0.29, 0.717) is 11.3 Å². The zero-order valence-corrected chi connectivity index (χ0v) is 12.1. The highest BCUT2D eigenvalue weighted by Crippen LogP contribution is 2.17. The van der Waals surface area contributed by atoms with Crippen molar-refractivity contribution in [3.05, 3.63) is 30.3 Å². The molecule has 0 atom stereocenters. The smallest absolute Gasteiger partial charge is 0.267 e. The second-order valence-corrected chi connectivity index (χ2v) is 6.22. The monoisotopic (exact) mass is 315 g/mol. The highest BCUT2D eigenvalue weighted by Gasteiger charge is 2.15. The maximum Gasteiger partial charge on any atom is 0.267 e. The summed E-state index contributed by atoms with van der Waals surface area (Å²) in [6.07, 6.45) is 0. The molecule has 0 aliphatic heterocycles. The van der Waals surface area contributed by atoms with E-state index in [1.165, 1.54) is 6.92 Å². The molecule has 0 aliphatic rings. The minimum Gasteiger partial charge on any atom is -0.399 e. The first kappa shape index (κ1) is 16.0. The van der Waals surface area contributed by atoms with Gasteiger partial charge in [0.2, 0.25) is 15.4 Å². The number of primary sulfonamides is 1. The lowest BCUT2D eigenvalue weighted by Gasteiger charge is -1.90. The van der Waals surface area contributed by atoms with Crippen molar-refractivity contribution in [1.29, 1.82) is 0 Å². The summed E-state index contributed by atoms with van der Waals surface area (Å²) in [5, 5.41) is 13.8. The van der Waals surface area contributed by atoms with Gasteiger partial charge in [-0.3, -0.25) is 4.79 Å². The Balaban J connectivity index is 0.000000240. The third-order valence-corrected chi connectivity index (χ3v) is 3.88. The van der Waals surface area contributed by atoms with Crippen molar-refractivity contribution >= 4 is 38.1 Å². The molecule has 2 rings (SSSR count). The predicted octanol–water partition coefficient (Wildman–Crippen LogP) is 0.413. The number of benzene rings is 1. The number of anilines is 2. The van der Waals surface area contributed by atoms with Gasteiger partial charge in [-0.25, -0.2) is 13.6 Å². The fourth-order valence-corrected chi connectivity index (χ4v) is 2.36. The Morgan fingerprint density at radius 2 is 1.85 bits per heavy atom. The lowest BCUT2D eigenvalue weighted by molar-refractivity contribution is -0.114. The molecule has 1 amide bonds. The topological polar surface area (TPSA) is 141 Å². The zero-order valence-electron chi connectivity index (χ0n) is 10.5. The number of nitrogens with two attached hydrogens (primary N) is 2. The molecule has 0 radical (unpaired) electrons. The van der Waals surface area contributed by atoms with E-state index >= 15 is 0 Å². The van der Waals surface area contributed by atoms with Gasteiger partial charge in [0.05, 0.1) is 0 Å². The molecule has 1 heterocycles. The molecule has 5 N–H and O–H groups in total. The molecule has 0 unspecified atom stereocenters. The molecule has 8 nitrogen and oxygen atoms in total. The Morgan fingerprint density at radius 3 is 2.20 bits per heavy atom. The van der Waals surface area contributed by atoms with E-state index in [1.54, 1.807) is 0 Å². The highest BCUT2D eigenvalue weighted by molar-refractivity contribution is 7.91. The van der Waals surface area contributed by atoms with Gasteiger partial charge >= 0.3 is 0 Å². The number of hydrogen-bond acceptors (Lipinski definition) is 7. The average molecular weight is 315 g/mol. The third-order valence-electron chi connectivity index (χ3n) is 1.73. The van der Waals surface area contributed by atoms with Crippen LogP contribution in [0, 0.1) is 0 Å². The number of rotatable bonds is 2. The SMILES string of the molecule is CC(=O)Nc1nnc(S(N)(=O)=O)s1.Nc1ccccc1. The number of carbonyl (C=O) groups is 1. The first-order valence-electron chi connectivity index (χ1n) is 5.23. The molecule has 0 saturated carbocycles. The van der Waals surface area contributed by atoms with Gasteiger partial charge in [-0.2, -0.15) is 0 Å². The van der Waals surface area contributed by atoms with Crippen LogP contribution in [-0.2, 0) is 14.8 Å². The van der Waals surface area contributed by atoms with Crippen LogP contribution in [0.15, 0.2) is 34.7 Å². The Bertz CT molecular complexity index is 669. The summed E-state index contributed by atoms with van der Waals surface area (Å²) in [7, 11) is -3.82. The molecular formula is C10H13N5O3S2. The molecule has 0 spiro atoms. The van der Waals surface area contributed by atoms with Gasteiger partial charge in [-0.1, -0.05) is 29.5 Å². The van der Waals surface area contributed by atoms with Crippen LogP contribution in [-0.4, -0.2) is 24.5 Å². The van der Waals surface area contributed by atoms with E-state index in [-0.39, 0.29) is 15.4 Å². The molecule has 1 aromatic heterocycles. The summed E-state index contributed by atoms with van der Waals surface area (Å²) in [6, 6.07) is 9.49. The van der Waals surface area contributed by atoms with Gasteiger partial charge in [0.25, 0.3) is 10.0 Å². The quantitative estimate of drug-likeness (QED) is 0.541. The van der Waals surface area contributed by atoms with E-state index in [2.05, 4.69) is 15.5 Å². The maximum absolute atomic E-state index is 10.7. The lowest BCUT2D eigenvalue weighted by Crippen LogP contribution is -2.11. The second-order valence-electron chi connectivity index (χ2n) is 3.51. The predicted molar refractivity (Wildman–Crippen MR) is 76.4 cm³/mol. The summed E-state index contributed by atoms with van der Waals surface area (Å²) < 4.78 is 21.1. The summed E-state index contributed by atoms with van der Waals surface area (Å²) in [4.78, 5) is 10.5. The number of nitrogens with zero attached hydrogens (tertiary/aromatic N) is 2. The number of aromatic nitrogens is 2. The number of hydrogen-bond donors (Lipinski definition) is 3. The molecule has 0 saturated heterocycles. The number of carbonyl (C=O) groups excluding carboxylic acids is 1. The van der Waals surface area contributed by atoms with E-state index in [9.17, 15) is 13.2 Å². The number of sulfonamides is 1. The van der Waals surface area contributed by atoms with Crippen molar-refractivity contribution in [1.82, 2.24) is 10.2 Å². The van der Waals surface area contributed by atoms with E-state index in [4.69, 9.17) is 10.9 Å². The van der Waals surface area contributed by atoms with Gasteiger partial charge < -0.3 is 11.1 Å². The Kier molecular flexibility index (Phi) is 5.55. The number of nitrogens with one attached hydrogen (secondary N) is 1. The highest BCUT2D eigenvalue weighted by atomic mass is 32.2. The van der Waals surface area contributed by atoms with Crippen LogP contribution in [0.5, 0.6) is 0 Å². The van der Waals surface area contributed by atoms with Crippen molar-refractivity contribution in [2.45, 2.75) is 11.3 Å². The molecule has 108 valence electrons. The van der Waals surface area contributed by atoms with Crippen LogP contribution in [0.25, 0.3) is 0 Å². The van der Waals surface area contributed by atoms with Crippen molar-refractivity contribution in [2.24, 2.45) is 5.14 Å². The number of para-hydroxylation sites is 1. The molecule has 0 fully saturated rings. The van der Waals surface area contributed by atoms with Crippen LogP contribution in [0.1, 0.15) is 6.92 Å². The normalized spacial score (nSPS) is 10.3. The average Bonchev–Trinajstić information content (AvgIpc) is 2.78. The molecule has 0 bridgehead atoms. The van der Waals surface area contributed by atoms with Crippen LogP contribution < -0.4 is 16.2 Å². The van der Waals surface area contributed by atoms with Gasteiger partial charge in [0, 0.05) is 12.6 Å². The first-order valence-corrected chi connectivity index (χ1v) is 7.59. The lowest BCUT2D eigenvalue weighted by atomic mass is 10.3. The van der Waals surface area contributed by atoms with Crippen molar-refractivity contribution < 1.29 is 13.2 Å². The second kappa shape index (κ2) is 6.93. The molecule has 0 aliphatic carbocycles. The van der Waals surface area contributed by atoms with Crippen molar-refractivity contribution in [3.8, 4) is 0 Å². The molecule has 20 heavy (non-hydrogen) atoms. The first-order chi connectivity index (χ1) is 9.29. The Hall–Kier alpha value is -2.04. The zero-order chi connectivity index (χ0) is 15.2. The van der Waals surface area contributed by atoms with Gasteiger partial charge in [0.15, 0.2) is 0 Å². The van der Waals surface area contributed by atoms with Crippen molar-refractivity contribution in [2.75, 3.05) is 11.1 Å². The minimum absolute atomic E-state index is 0.108. The molecule has 10 heteroatoms. The summed E-state index contributed by atoms with van der Waals surface area (Å²) in [5.74, 6) is -0.350. The Labute approximate surface area is 119 Å².